The highest BCUT2D eigenvalue weighted by atomic mass is 32.1. The van der Waals surface area contributed by atoms with Crippen LogP contribution in [0.1, 0.15) is 11.1 Å². The number of aromatic nitrogens is 1. The van der Waals surface area contributed by atoms with Crippen LogP contribution in [-0.2, 0) is 0 Å². The van der Waals surface area contributed by atoms with Gasteiger partial charge in [-0.3, -0.25) is 0 Å². The molecule has 3 heteroatoms. The molecule has 0 N–H and O–H groups in total. The summed E-state index contributed by atoms with van der Waals surface area (Å²) in [5.74, 6) is 1.56. The third-order valence-corrected chi connectivity index (χ3v) is 2.74. The van der Waals surface area contributed by atoms with Gasteiger partial charge < -0.3 is 4.74 Å². The van der Waals surface area contributed by atoms with Crippen molar-refractivity contribution in [3.8, 4) is 11.6 Å². The fourth-order valence-corrected chi connectivity index (χ4v) is 1.65. The molecule has 0 spiro atoms. The quantitative estimate of drug-likeness (QED) is 0.748. The average Bonchev–Trinajstić information content (AvgIpc) is 2.66. The molecule has 0 bridgehead atoms. The third kappa shape index (κ3) is 1.77. The fourth-order valence-electron chi connectivity index (χ4n) is 1.20. The molecule has 0 amide bonds. The van der Waals surface area contributed by atoms with E-state index < -0.39 is 0 Å². The Hall–Kier alpha value is -1.35. The van der Waals surface area contributed by atoms with Crippen LogP contribution < -0.4 is 4.74 Å². The lowest BCUT2D eigenvalue weighted by Gasteiger charge is -2.07. The molecule has 0 aliphatic carbocycles. The van der Waals surface area contributed by atoms with Gasteiger partial charge in [0.25, 0.3) is 0 Å². The van der Waals surface area contributed by atoms with Gasteiger partial charge in [0, 0.05) is 0 Å². The van der Waals surface area contributed by atoms with Crippen LogP contribution in [0.5, 0.6) is 11.6 Å². The lowest BCUT2D eigenvalue weighted by atomic mass is 10.1. The minimum absolute atomic E-state index is 0.670. The molecule has 0 atom stereocenters. The molecule has 2 nitrogen and oxygen atoms in total. The number of nitrogens with zero attached hydrogens (tertiary/aromatic N) is 1. The molecule has 0 saturated carbocycles. The predicted molar refractivity (Wildman–Crippen MR) is 58.1 cm³/mol. The largest absolute Gasteiger partial charge is 0.438 e. The van der Waals surface area contributed by atoms with Gasteiger partial charge in [-0.25, -0.2) is 4.98 Å². The number of hydrogen-bond donors (Lipinski definition) is 0. The van der Waals surface area contributed by atoms with E-state index in [0.717, 1.165) is 5.75 Å². The van der Waals surface area contributed by atoms with Gasteiger partial charge in [-0.2, -0.15) is 0 Å². The molecule has 0 fully saturated rings. The van der Waals surface area contributed by atoms with E-state index in [0.29, 0.717) is 5.88 Å². The van der Waals surface area contributed by atoms with Crippen LogP contribution in [-0.4, -0.2) is 4.98 Å². The smallest absolute Gasteiger partial charge is 0.230 e. The van der Waals surface area contributed by atoms with Gasteiger partial charge in [0.05, 0.1) is 10.9 Å². The maximum atomic E-state index is 5.63. The van der Waals surface area contributed by atoms with Crippen LogP contribution >= 0.6 is 11.3 Å². The minimum Gasteiger partial charge on any atom is -0.438 e. The Morgan fingerprint density at radius 3 is 2.86 bits per heavy atom. The zero-order valence-corrected chi connectivity index (χ0v) is 8.97. The number of thiazole rings is 1. The summed E-state index contributed by atoms with van der Waals surface area (Å²) in [6.45, 7) is 4.13. The summed E-state index contributed by atoms with van der Waals surface area (Å²) < 4.78 is 5.63. The highest BCUT2D eigenvalue weighted by molar-refractivity contribution is 7.07. The zero-order valence-electron chi connectivity index (χ0n) is 8.15. The SMILES string of the molecule is Cc1cccc(Oc2cscn2)c1C. The molecule has 0 aliphatic rings. The Morgan fingerprint density at radius 1 is 1.29 bits per heavy atom. The molecule has 1 aromatic heterocycles. The first-order valence-corrected chi connectivity index (χ1v) is 5.34. The van der Waals surface area contributed by atoms with Crippen LogP contribution in [0.25, 0.3) is 0 Å². The molecule has 1 heterocycles. The van der Waals surface area contributed by atoms with Crippen molar-refractivity contribution < 1.29 is 4.74 Å². The Bertz CT molecular complexity index is 423. The maximum Gasteiger partial charge on any atom is 0.230 e. The summed E-state index contributed by atoms with van der Waals surface area (Å²) in [5.41, 5.74) is 4.17. The van der Waals surface area contributed by atoms with Crippen molar-refractivity contribution in [3.05, 3.63) is 40.2 Å². The topological polar surface area (TPSA) is 22.1 Å². The highest BCUT2D eigenvalue weighted by Crippen LogP contribution is 2.26. The van der Waals surface area contributed by atoms with Gasteiger partial charge in [-0.1, -0.05) is 12.1 Å². The van der Waals surface area contributed by atoms with Crippen LogP contribution in [0, 0.1) is 13.8 Å². The molecular formula is C11H11NOS. The second-order valence-electron chi connectivity index (χ2n) is 3.13. The normalized spacial score (nSPS) is 10.1. The summed E-state index contributed by atoms with van der Waals surface area (Å²) >= 11 is 1.53. The summed E-state index contributed by atoms with van der Waals surface area (Å²) in [6, 6.07) is 6.02. The van der Waals surface area contributed by atoms with Crippen molar-refractivity contribution in [2.45, 2.75) is 13.8 Å². The number of benzene rings is 1. The molecule has 0 aliphatic heterocycles. The van der Waals surface area contributed by atoms with Gasteiger partial charge in [-0.05, 0) is 31.0 Å². The van der Waals surface area contributed by atoms with Crippen LogP contribution in [0.3, 0.4) is 0 Å². The number of hydrogen-bond acceptors (Lipinski definition) is 3. The van der Waals surface area contributed by atoms with E-state index in [1.54, 1.807) is 5.51 Å². The number of rotatable bonds is 2. The summed E-state index contributed by atoms with van der Waals surface area (Å²) in [6.07, 6.45) is 0. The van der Waals surface area contributed by atoms with Crippen molar-refractivity contribution in [1.29, 1.82) is 0 Å². The summed E-state index contributed by atoms with van der Waals surface area (Å²) in [5, 5.41) is 1.89. The van der Waals surface area contributed by atoms with E-state index in [-0.39, 0.29) is 0 Å². The van der Waals surface area contributed by atoms with Gasteiger partial charge in [0.1, 0.15) is 5.75 Å². The Labute approximate surface area is 87.2 Å². The molecule has 1 aromatic carbocycles. The van der Waals surface area contributed by atoms with Crippen LogP contribution in [0.2, 0.25) is 0 Å². The van der Waals surface area contributed by atoms with Crippen LogP contribution in [0.4, 0.5) is 0 Å². The van der Waals surface area contributed by atoms with Crippen molar-refractivity contribution in [2.24, 2.45) is 0 Å². The second kappa shape index (κ2) is 3.80. The van der Waals surface area contributed by atoms with E-state index in [9.17, 15) is 0 Å². The molecule has 72 valence electrons. The lowest BCUT2D eigenvalue weighted by molar-refractivity contribution is 0.462. The van der Waals surface area contributed by atoms with Gasteiger partial charge in [-0.15, -0.1) is 11.3 Å². The first-order valence-electron chi connectivity index (χ1n) is 4.39. The van der Waals surface area contributed by atoms with Gasteiger partial charge in [0.15, 0.2) is 0 Å². The van der Waals surface area contributed by atoms with Gasteiger partial charge in [0.2, 0.25) is 5.88 Å². The molecule has 0 saturated heterocycles. The van der Waals surface area contributed by atoms with Crippen LogP contribution in [0.15, 0.2) is 29.1 Å². The van der Waals surface area contributed by atoms with Gasteiger partial charge >= 0.3 is 0 Å². The Morgan fingerprint density at radius 2 is 2.14 bits per heavy atom. The highest BCUT2D eigenvalue weighted by Gasteiger charge is 2.03. The third-order valence-electron chi connectivity index (χ3n) is 2.18. The zero-order chi connectivity index (χ0) is 9.97. The van der Waals surface area contributed by atoms with E-state index >= 15 is 0 Å². The van der Waals surface area contributed by atoms with E-state index in [2.05, 4.69) is 24.9 Å². The van der Waals surface area contributed by atoms with Crippen molar-refractivity contribution in [1.82, 2.24) is 4.98 Å². The van der Waals surface area contributed by atoms with E-state index in [4.69, 9.17) is 4.74 Å². The number of aryl methyl sites for hydroxylation is 1. The van der Waals surface area contributed by atoms with Crippen molar-refractivity contribution in [3.63, 3.8) is 0 Å². The second-order valence-corrected chi connectivity index (χ2v) is 3.85. The summed E-state index contributed by atoms with van der Waals surface area (Å²) in [4.78, 5) is 4.08. The molecule has 2 aromatic rings. The first kappa shape index (κ1) is 9.21. The predicted octanol–water partition coefficient (Wildman–Crippen LogP) is 3.55. The molecule has 2 rings (SSSR count). The monoisotopic (exact) mass is 205 g/mol. The fraction of sp³-hybridized carbons (Fsp3) is 0.182. The van der Waals surface area contributed by atoms with Crippen molar-refractivity contribution >= 4 is 11.3 Å². The minimum atomic E-state index is 0.670. The molecule has 0 unspecified atom stereocenters. The molecule has 14 heavy (non-hydrogen) atoms. The molecule has 0 radical (unpaired) electrons. The Balaban J connectivity index is 2.29. The Kier molecular flexibility index (Phi) is 2.50. The molecular weight excluding hydrogens is 194 g/mol. The lowest BCUT2D eigenvalue weighted by Crippen LogP contribution is -1.89. The maximum absolute atomic E-state index is 5.63. The van der Waals surface area contributed by atoms with Crippen molar-refractivity contribution in [2.75, 3.05) is 0 Å². The average molecular weight is 205 g/mol. The van der Waals surface area contributed by atoms with E-state index in [1.165, 1.54) is 22.5 Å². The van der Waals surface area contributed by atoms with E-state index in [1.807, 2.05) is 17.5 Å². The number of ether oxygens (including phenoxy) is 1. The standard InChI is InChI=1S/C11H11NOS/c1-8-4-3-5-10(9(8)2)13-11-6-14-7-12-11/h3-7H,1-2H3. The first-order chi connectivity index (χ1) is 6.77. The summed E-state index contributed by atoms with van der Waals surface area (Å²) in [7, 11) is 0.